The minimum absolute atomic E-state index is 0. The van der Waals surface area contributed by atoms with Crippen molar-refractivity contribution in [2.45, 2.75) is 0 Å². The Balaban J connectivity index is -0.0000000133. The molecule has 4 nitrogen and oxygen atoms in total. The summed E-state index contributed by atoms with van der Waals surface area (Å²) in [4.78, 5) is 0. The average Bonchev–Trinajstić information content (AvgIpc) is 0.722. The maximum atomic E-state index is 8.74. The molecule has 0 aliphatic carbocycles. The van der Waals surface area contributed by atoms with Gasteiger partial charge in [-0.3, -0.25) is 9.11 Å². The number of halogens is 1. The van der Waals surface area contributed by atoms with E-state index in [1.165, 1.54) is 0 Å². The second-order valence-electron chi connectivity index (χ2n) is 0.448. The first-order chi connectivity index (χ1) is 2.00. The Hall–Kier alpha value is 0.926. The first kappa shape index (κ1) is 15.7. The van der Waals surface area contributed by atoms with E-state index in [4.69, 9.17) is 17.5 Å². The van der Waals surface area contributed by atoms with Gasteiger partial charge < -0.3 is 2.85 Å². The van der Waals surface area contributed by atoms with Gasteiger partial charge in [-0.25, -0.2) is 0 Å². The van der Waals surface area contributed by atoms with E-state index in [1.54, 1.807) is 0 Å². The Morgan fingerprint density at radius 2 is 1.29 bits per heavy atom. The Morgan fingerprint density at radius 3 is 1.29 bits per heavy atom. The Morgan fingerprint density at radius 1 is 1.29 bits per heavy atom. The molecule has 0 fully saturated rings. The van der Waals surface area contributed by atoms with E-state index in [0.717, 1.165) is 0 Å². The molecule has 0 spiro atoms. The van der Waals surface area contributed by atoms with Crippen molar-refractivity contribution in [2.75, 3.05) is 0 Å². The molecule has 2 N–H and O–H groups in total. The van der Waals surface area contributed by atoms with E-state index in [2.05, 4.69) is 0 Å². The second kappa shape index (κ2) is 5.07. The zero-order chi connectivity index (χ0) is 4.50. The van der Waals surface area contributed by atoms with Gasteiger partial charge in [-0.1, -0.05) is 0 Å². The molecule has 44 valence electrons. The third-order valence-electron chi connectivity index (χ3n) is 0. The molecule has 0 amide bonds. The largest absolute Gasteiger partial charge is 2.00 e. The van der Waals surface area contributed by atoms with E-state index in [1.807, 2.05) is 0 Å². The summed E-state index contributed by atoms with van der Waals surface area (Å²) >= 11 is 0. The summed E-state index contributed by atoms with van der Waals surface area (Å²) in [6.07, 6.45) is 0. The quantitative estimate of drug-likeness (QED) is 0.374. The summed E-state index contributed by atoms with van der Waals surface area (Å²) in [5, 5.41) is 0. The van der Waals surface area contributed by atoms with Crippen LogP contribution in [0.5, 0.6) is 0 Å². The van der Waals surface area contributed by atoms with Gasteiger partial charge in [0, 0.05) is 0 Å². The summed E-state index contributed by atoms with van der Waals surface area (Å²) in [7, 11) is -4.67. The van der Waals surface area contributed by atoms with Crippen LogP contribution in [0.15, 0.2) is 0 Å². The number of hydrogen-bond acceptors (Lipinski definition) is 2. The van der Waals surface area contributed by atoms with Gasteiger partial charge in [0.1, 0.15) is 0 Å². The monoisotopic (exact) mass is 160 g/mol. The van der Waals surface area contributed by atoms with E-state index in [9.17, 15) is 0 Å². The molecule has 0 saturated carbocycles. The van der Waals surface area contributed by atoms with Crippen molar-refractivity contribution in [2.24, 2.45) is 0 Å². The molecular weight excluding hydrogens is 156 g/mol. The molecule has 0 bridgehead atoms. The van der Waals surface area contributed by atoms with Gasteiger partial charge in [0.25, 0.3) is 0 Å². The topological polar surface area (TPSA) is 74.6 Å². The molecule has 0 saturated heterocycles. The molecule has 0 unspecified atom stereocenters. The summed E-state index contributed by atoms with van der Waals surface area (Å²) in [6, 6.07) is 0. The average molecular weight is 161 g/mol. The van der Waals surface area contributed by atoms with Gasteiger partial charge >= 0.3 is 33.5 Å². The SMILES string of the molecule is Cl.O=S(=O)(O)O.[H-].[H-].[Mg+2]. The van der Waals surface area contributed by atoms with E-state index >= 15 is 0 Å². The smallest absolute Gasteiger partial charge is 1.00 e. The molecule has 0 aliphatic heterocycles. The number of hydrogen-bond donors (Lipinski definition) is 2. The summed E-state index contributed by atoms with van der Waals surface area (Å²) < 4.78 is 31.6. The molecule has 0 aromatic carbocycles. The Kier molecular flexibility index (Phi) is 11.3. The summed E-state index contributed by atoms with van der Waals surface area (Å²) in [5.74, 6) is 0. The van der Waals surface area contributed by atoms with Crippen molar-refractivity contribution in [3.05, 3.63) is 0 Å². The minimum Gasteiger partial charge on any atom is -1.00 e. The van der Waals surface area contributed by atoms with Gasteiger partial charge in [-0.15, -0.1) is 12.4 Å². The Labute approximate surface area is 66.4 Å². The molecule has 0 aromatic rings. The first-order valence-electron chi connectivity index (χ1n) is 0.698. The van der Waals surface area contributed by atoms with Crippen LogP contribution in [-0.2, 0) is 10.4 Å². The van der Waals surface area contributed by atoms with Gasteiger partial charge in [0.2, 0.25) is 0 Å². The van der Waals surface area contributed by atoms with Crippen LogP contribution in [0.4, 0.5) is 0 Å². The van der Waals surface area contributed by atoms with E-state index < -0.39 is 10.4 Å². The fraction of sp³-hybridized carbons (Fsp3) is 0. The van der Waals surface area contributed by atoms with Crippen molar-refractivity contribution >= 4 is 45.9 Å². The second-order valence-corrected chi connectivity index (χ2v) is 1.34. The number of rotatable bonds is 0. The molecular formula is H5ClMgO4S. The molecule has 0 radical (unpaired) electrons. The predicted octanol–water partition coefficient (Wildman–Crippen LogP) is -0.387. The molecule has 0 aliphatic rings. The predicted molar refractivity (Wildman–Crippen MR) is 29.4 cm³/mol. The third kappa shape index (κ3) is 196. The van der Waals surface area contributed by atoms with Crippen molar-refractivity contribution in [3.8, 4) is 0 Å². The molecule has 0 aromatic heterocycles. The first-order valence-corrected chi connectivity index (χ1v) is 2.10. The summed E-state index contributed by atoms with van der Waals surface area (Å²) in [6.45, 7) is 0. The molecule has 0 atom stereocenters. The molecule has 0 rings (SSSR count). The maximum absolute atomic E-state index is 8.74. The molecule has 0 heterocycles. The van der Waals surface area contributed by atoms with Gasteiger partial charge in [0.05, 0.1) is 0 Å². The van der Waals surface area contributed by atoms with Gasteiger partial charge in [0.15, 0.2) is 0 Å². The zero-order valence-corrected chi connectivity index (χ0v) is 6.28. The van der Waals surface area contributed by atoms with Crippen molar-refractivity contribution in [3.63, 3.8) is 0 Å². The van der Waals surface area contributed by atoms with Crippen LogP contribution < -0.4 is 0 Å². The fourth-order valence-corrected chi connectivity index (χ4v) is 0. The minimum atomic E-state index is -4.67. The van der Waals surface area contributed by atoms with Crippen LogP contribution in [0, 0.1) is 0 Å². The van der Waals surface area contributed by atoms with Crippen molar-refractivity contribution in [1.29, 1.82) is 0 Å². The van der Waals surface area contributed by atoms with Gasteiger partial charge in [-0.05, 0) is 0 Å². The molecule has 7 heavy (non-hydrogen) atoms. The van der Waals surface area contributed by atoms with Crippen molar-refractivity contribution in [1.82, 2.24) is 0 Å². The van der Waals surface area contributed by atoms with Gasteiger partial charge in [-0.2, -0.15) is 8.42 Å². The zero-order valence-electron chi connectivity index (χ0n) is 5.23. The van der Waals surface area contributed by atoms with E-state index in [-0.39, 0.29) is 38.3 Å². The third-order valence-corrected chi connectivity index (χ3v) is 0. The normalized spacial score (nSPS) is 8.29. The van der Waals surface area contributed by atoms with Crippen LogP contribution in [0.25, 0.3) is 0 Å². The van der Waals surface area contributed by atoms with E-state index in [0.29, 0.717) is 0 Å². The summed E-state index contributed by atoms with van der Waals surface area (Å²) in [5.41, 5.74) is 0. The standard InChI is InChI=1S/ClH.Mg.H2O4S.2H/c;;1-5(2,3)4;;/h1H;;(H2,1,2,3,4);;/q;+2;;2*-1. The van der Waals surface area contributed by atoms with Crippen molar-refractivity contribution < 1.29 is 20.4 Å². The van der Waals surface area contributed by atoms with Crippen LogP contribution >= 0.6 is 12.4 Å². The van der Waals surface area contributed by atoms with Crippen LogP contribution in [0.3, 0.4) is 0 Å². The van der Waals surface area contributed by atoms with Crippen LogP contribution in [-0.4, -0.2) is 40.6 Å². The Bertz CT molecular complexity index is 102. The fourth-order valence-electron chi connectivity index (χ4n) is 0. The van der Waals surface area contributed by atoms with Crippen LogP contribution in [0.2, 0.25) is 0 Å². The maximum Gasteiger partial charge on any atom is 2.00 e. The molecule has 7 heteroatoms. The van der Waals surface area contributed by atoms with Crippen LogP contribution in [0.1, 0.15) is 2.85 Å².